The van der Waals surface area contributed by atoms with Crippen LogP contribution < -0.4 is 9.83 Å². The maximum atomic E-state index is 12.1. The van der Waals surface area contributed by atoms with Crippen molar-refractivity contribution in [2.45, 2.75) is 84.7 Å². The topological polar surface area (TPSA) is 251 Å². The molecule has 0 amide bonds. The zero-order valence-electron chi connectivity index (χ0n) is 43.4. The van der Waals surface area contributed by atoms with E-state index in [-0.39, 0.29) is 52.4 Å². The van der Waals surface area contributed by atoms with Gasteiger partial charge in [0.15, 0.2) is 0 Å². The van der Waals surface area contributed by atoms with Gasteiger partial charge in [-0.1, -0.05) is 58.9 Å². The van der Waals surface area contributed by atoms with E-state index >= 15 is 0 Å². The van der Waals surface area contributed by atoms with Crippen molar-refractivity contribution in [1.82, 2.24) is 4.72 Å². The van der Waals surface area contributed by atoms with Crippen molar-refractivity contribution in [3.63, 3.8) is 0 Å². The standard InChI is InChI=1S/C24H48O11.C12H14F3NO3S.C9H16F3NO4S.Ag/c1-4-23(2)24(25)35-22-21-34-20-19-33-18-17-32-16-15-31-14-13-30-12-11-29-10-9-28-8-7-27-6-5-26-3;1-3-8(2)9-4-6-10(7-5-9)11(17)16-20(18,19)12(13,14)15;1-4-8(2,3)7(14)17-6-5-13-18(15,16)9(10,11)12;/h23H,4-22H2,1-3H3;4-8H,3H2,1-2H3,(H,16,17);13H,4-6H2,1-3H3;/q;;;+1/p-1. The Hall–Kier alpha value is -2.55. The van der Waals surface area contributed by atoms with Crippen molar-refractivity contribution in [2.75, 3.05) is 139 Å². The van der Waals surface area contributed by atoms with Gasteiger partial charge in [-0.25, -0.2) is 13.1 Å². The summed E-state index contributed by atoms with van der Waals surface area (Å²) in [7, 11) is -9.54. The molecule has 1 N–H and O–H groups in total. The molecule has 2 unspecified atom stereocenters. The van der Waals surface area contributed by atoms with Crippen molar-refractivity contribution in [3.8, 4) is 0 Å². The number of rotatable bonds is 39. The maximum absolute atomic E-state index is 12.1. The van der Waals surface area contributed by atoms with E-state index in [4.69, 9.17) is 47.4 Å². The van der Waals surface area contributed by atoms with Gasteiger partial charge in [0.25, 0.3) is 0 Å². The van der Waals surface area contributed by atoms with Gasteiger partial charge in [-0.15, -0.1) is 0 Å². The third-order valence-electron chi connectivity index (χ3n) is 9.73. The zero-order valence-corrected chi connectivity index (χ0v) is 46.5. The Bertz CT molecular complexity index is 1830. The second-order valence-electron chi connectivity index (χ2n) is 15.8. The van der Waals surface area contributed by atoms with Gasteiger partial charge in [-0.2, -0.15) is 39.2 Å². The first-order valence-corrected chi connectivity index (χ1v) is 26.4. The molecule has 1 aromatic rings. The Labute approximate surface area is 448 Å². The van der Waals surface area contributed by atoms with Crippen molar-refractivity contribution in [2.24, 2.45) is 15.7 Å². The molecule has 0 radical (unpaired) electrons. The van der Waals surface area contributed by atoms with Crippen LogP contribution in [0.3, 0.4) is 0 Å². The molecule has 29 heteroatoms. The predicted octanol–water partition coefficient (Wildman–Crippen LogP) is 4.91. The van der Waals surface area contributed by atoms with Crippen LogP contribution in [0.15, 0.2) is 28.7 Å². The first kappa shape index (κ1) is 75.7. The minimum atomic E-state index is -5.80. The molecule has 440 valence electrons. The summed E-state index contributed by atoms with van der Waals surface area (Å²) in [6.07, 6.45) is 2.14. The molecule has 0 saturated heterocycles. The van der Waals surface area contributed by atoms with Gasteiger partial charge in [0, 0.05) is 19.6 Å². The molecule has 0 spiro atoms. The van der Waals surface area contributed by atoms with Crippen molar-refractivity contribution < 1.29 is 132 Å². The van der Waals surface area contributed by atoms with Gasteiger partial charge < -0.3 is 57.2 Å². The summed E-state index contributed by atoms with van der Waals surface area (Å²) >= 11 is 0. The molecule has 0 aliphatic heterocycles. The number of nitrogens with one attached hydrogen (secondary N) is 1. The number of halogens is 6. The molecule has 0 aliphatic rings. The largest absolute Gasteiger partial charge is 1.00 e. The molecule has 0 fully saturated rings. The number of methoxy groups -OCH3 is 1. The first-order chi connectivity index (χ1) is 34.2. The number of sulfonamides is 2. The van der Waals surface area contributed by atoms with E-state index in [2.05, 4.69) is 9.13 Å². The van der Waals surface area contributed by atoms with Gasteiger partial charge >= 0.3 is 65.4 Å². The minimum absolute atomic E-state index is 0. The molecular weight excluding hydrogens is 1140 g/mol. The molecule has 20 nitrogen and oxygen atoms in total. The molecule has 0 aliphatic carbocycles. The van der Waals surface area contributed by atoms with E-state index in [1.165, 1.54) is 16.9 Å². The Balaban J connectivity index is -0.00000110. The molecule has 0 saturated carbocycles. The number of alkyl halides is 6. The molecular formula is C45H77AgF6N2O18S2. The SMILES string of the molecule is CCC(C)(C)C(=O)OCCNS(=O)(=O)C(F)(F)F.CCC(C)C(=O)OCCOCCOCCOCCOCCOCCOCCOCCOCCOC.CCC(C)c1ccc(C([O-])=NS(=O)(=O)C(F)(F)F)cc1.[Ag+]. The summed E-state index contributed by atoms with van der Waals surface area (Å²) in [4.78, 5) is 22.9. The van der Waals surface area contributed by atoms with Gasteiger partial charge in [-0.3, -0.25) is 9.59 Å². The smallest absolute Gasteiger partial charge is 0.858 e. The van der Waals surface area contributed by atoms with Crippen LogP contribution in [0, 0.1) is 11.3 Å². The minimum Gasteiger partial charge on any atom is -0.858 e. The van der Waals surface area contributed by atoms with E-state index < -0.39 is 61.5 Å². The van der Waals surface area contributed by atoms with E-state index in [0.717, 1.165) is 18.4 Å². The summed E-state index contributed by atoms with van der Waals surface area (Å²) in [6.45, 7) is 20.6. The van der Waals surface area contributed by atoms with Crippen LogP contribution in [0.1, 0.15) is 84.8 Å². The molecule has 0 bridgehead atoms. The fourth-order valence-corrected chi connectivity index (χ4v) is 5.38. The van der Waals surface area contributed by atoms with Crippen LogP contribution in [0.2, 0.25) is 0 Å². The van der Waals surface area contributed by atoms with Crippen LogP contribution in [-0.2, 0) is 104 Å². The van der Waals surface area contributed by atoms with Crippen LogP contribution in [-0.4, -0.2) is 185 Å². The van der Waals surface area contributed by atoms with Crippen molar-refractivity contribution in [1.29, 1.82) is 0 Å². The second-order valence-corrected chi connectivity index (χ2v) is 19.2. The molecule has 74 heavy (non-hydrogen) atoms. The molecule has 1 aromatic carbocycles. The van der Waals surface area contributed by atoms with E-state index in [1.807, 2.05) is 27.7 Å². The molecule has 0 aromatic heterocycles. The van der Waals surface area contributed by atoms with Crippen LogP contribution in [0.25, 0.3) is 0 Å². The monoisotopic (exact) mass is 1220 g/mol. The number of carbonyl (C=O) groups excluding carboxylic acids is 2. The van der Waals surface area contributed by atoms with E-state index in [1.54, 1.807) is 40.0 Å². The second kappa shape index (κ2) is 43.4. The molecule has 2 atom stereocenters. The predicted molar refractivity (Wildman–Crippen MR) is 254 cm³/mol. The number of carbonyl (C=O) groups is 2. The molecule has 1 rings (SSSR count). The van der Waals surface area contributed by atoms with Gasteiger partial charge in [0.1, 0.15) is 13.2 Å². The summed E-state index contributed by atoms with van der Waals surface area (Å²) in [5.74, 6) is -2.04. The van der Waals surface area contributed by atoms with Crippen LogP contribution >= 0.6 is 0 Å². The number of esters is 2. The Morgan fingerprint density at radius 2 is 0.973 bits per heavy atom. The van der Waals surface area contributed by atoms with Crippen molar-refractivity contribution >= 4 is 37.9 Å². The van der Waals surface area contributed by atoms with Gasteiger partial charge in [0.05, 0.1) is 124 Å². The van der Waals surface area contributed by atoms with E-state index in [0.29, 0.717) is 119 Å². The van der Waals surface area contributed by atoms with Crippen LogP contribution in [0.5, 0.6) is 0 Å². The third-order valence-corrected chi connectivity index (χ3v) is 11.9. The quantitative estimate of drug-likeness (QED) is 0.0229. The summed E-state index contributed by atoms with van der Waals surface area (Å²) in [6, 6.07) is 5.66. The van der Waals surface area contributed by atoms with E-state index in [9.17, 15) is 57.9 Å². The summed E-state index contributed by atoms with van der Waals surface area (Å²) in [5, 5.41) is 11.4. The third kappa shape index (κ3) is 38.1. The number of hydrogen-bond donors (Lipinski definition) is 1. The zero-order chi connectivity index (χ0) is 55.8. The van der Waals surface area contributed by atoms with Crippen molar-refractivity contribution in [3.05, 3.63) is 35.4 Å². The van der Waals surface area contributed by atoms with Gasteiger partial charge in [-0.05, 0) is 50.2 Å². The Kier molecular flexibility index (Phi) is 44.4. The fourth-order valence-electron chi connectivity index (χ4n) is 4.44. The summed E-state index contributed by atoms with van der Waals surface area (Å²) < 4.78 is 176. The number of hydrogen-bond acceptors (Lipinski definition) is 18. The normalized spacial score (nSPS) is 13.1. The summed E-state index contributed by atoms with van der Waals surface area (Å²) in [5.41, 5.74) is -11.0. The number of nitrogens with zero attached hydrogens (tertiary/aromatic N) is 1. The Morgan fingerprint density at radius 3 is 1.30 bits per heavy atom. The maximum Gasteiger partial charge on any atom is 1.00 e. The van der Waals surface area contributed by atoms with Gasteiger partial charge in [0.2, 0.25) is 0 Å². The fraction of sp³-hybridized carbons (Fsp3) is 0.800. The van der Waals surface area contributed by atoms with Crippen LogP contribution in [0.4, 0.5) is 26.3 Å². The Morgan fingerprint density at radius 1 is 0.595 bits per heavy atom. The average Bonchev–Trinajstić information content (AvgIpc) is 3.33. The average molecular weight is 1220 g/mol. The molecule has 0 heterocycles. The number of benzene rings is 1. The number of ether oxygens (including phenoxy) is 11. The first-order valence-electron chi connectivity index (χ1n) is 23.4.